The zero-order chi connectivity index (χ0) is 13.8. The van der Waals surface area contributed by atoms with Crippen molar-refractivity contribution >= 4 is 15.9 Å². The number of halogens is 1. The van der Waals surface area contributed by atoms with E-state index in [1.54, 1.807) is 14.2 Å². The van der Waals surface area contributed by atoms with Gasteiger partial charge in [0.15, 0.2) is 11.5 Å². The van der Waals surface area contributed by atoms with Gasteiger partial charge in [0.05, 0.1) is 24.8 Å². The number of hydrogen-bond donors (Lipinski definition) is 2. The molecular weight excluding hydrogens is 310 g/mol. The standard InChI is InChI=1S/C14H20BrNO3/c1-18-13-6-10(5-12(15)14(13)19-2)8-16-7-9-3-11(17)4-9/h5-6,9,11,16-17H,3-4,7-8H2,1-2H3. The first-order valence-electron chi connectivity index (χ1n) is 6.43. The molecule has 1 aliphatic rings. The van der Waals surface area contributed by atoms with Crippen LogP contribution in [0.3, 0.4) is 0 Å². The molecule has 0 unspecified atom stereocenters. The summed E-state index contributed by atoms with van der Waals surface area (Å²) < 4.78 is 11.5. The highest BCUT2D eigenvalue weighted by atomic mass is 79.9. The first kappa shape index (κ1) is 14.6. The van der Waals surface area contributed by atoms with E-state index in [1.807, 2.05) is 12.1 Å². The van der Waals surface area contributed by atoms with Gasteiger partial charge in [0, 0.05) is 6.54 Å². The normalized spacial score (nSPS) is 21.9. The van der Waals surface area contributed by atoms with Crippen LogP contribution in [0.15, 0.2) is 16.6 Å². The Morgan fingerprint density at radius 1 is 1.32 bits per heavy atom. The van der Waals surface area contributed by atoms with E-state index < -0.39 is 0 Å². The Bertz CT molecular complexity index is 433. The molecule has 2 rings (SSSR count). The first-order valence-corrected chi connectivity index (χ1v) is 7.22. The molecule has 0 saturated heterocycles. The number of nitrogens with one attached hydrogen (secondary N) is 1. The van der Waals surface area contributed by atoms with Gasteiger partial charge in [0.2, 0.25) is 0 Å². The highest BCUT2D eigenvalue weighted by molar-refractivity contribution is 9.10. The minimum atomic E-state index is -0.0815. The van der Waals surface area contributed by atoms with Crippen LogP contribution in [0.5, 0.6) is 11.5 Å². The maximum Gasteiger partial charge on any atom is 0.174 e. The third-order valence-electron chi connectivity index (χ3n) is 3.47. The molecule has 19 heavy (non-hydrogen) atoms. The number of hydrogen-bond acceptors (Lipinski definition) is 4. The molecule has 2 N–H and O–H groups in total. The van der Waals surface area contributed by atoms with Gasteiger partial charge in [-0.15, -0.1) is 0 Å². The van der Waals surface area contributed by atoms with E-state index >= 15 is 0 Å². The smallest absolute Gasteiger partial charge is 0.174 e. The zero-order valence-electron chi connectivity index (χ0n) is 11.3. The highest BCUT2D eigenvalue weighted by Gasteiger charge is 2.26. The van der Waals surface area contributed by atoms with Crippen molar-refractivity contribution in [2.24, 2.45) is 5.92 Å². The van der Waals surface area contributed by atoms with E-state index in [4.69, 9.17) is 9.47 Å². The molecule has 0 bridgehead atoms. The SMILES string of the molecule is COc1cc(CNCC2CC(O)C2)cc(Br)c1OC. The second-order valence-electron chi connectivity index (χ2n) is 4.94. The summed E-state index contributed by atoms with van der Waals surface area (Å²) in [5.41, 5.74) is 1.14. The minimum absolute atomic E-state index is 0.0815. The number of aliphatic hydroxyl groups is 1. The molecule has 0 atom stereocenters. The topological polar surface area (TPSA) is 50.7 Å². The van der Waals surface area contributed by atoms with Crippen LogP contribution in [0, 0.1) is 5.92 Å². The highest BCUT2D eigenvalue weighted by Crippen LogP contribution is 2.36. The molecule has 1 aromatic carbocycles. The molecule has 1 aliphatic carbocycles. The summed E-state index contributed by atoms with van der Waals surface area (Å²) in [5, 5.41) is 12.6. The molecule has 0 radical (unpaired) electrons. The lowest BCUT2D eigenvalue weighted by atomic mass is 9.82. The fraction of sp³-hybridized carbons (Fsp3) is 0.571. The number of ether oxygens (including phenoxy) is 2. The molecular formula is C14H20BrNO3. The molecule has 4 nitrogen and oxygen atoms in total. The molecule has 0 heterocycles. The third-order valence-corrected chi connectivity index (χ3v) is 4.06. The van der Waals surface area contributed by atoms with E-state index in [-0.39, 0.29) is 6.10 Å². The van der Waals surface area contributed by atoms with Gasteiger partial charge < -0.3 is 19.9 Å². The van der Waals surface area contributed by atoms with E-state index in [1.165, 1.54) is 0 Å². The van der Waals surface area contributed by atoms with Crippen LogP contribution >= 0.6 is 15.9 Å². The summed E-state index contributed by atoms with van der Waals surface area (Å²) in [7, 11) is 3.26. The maximum absolute atomic E-state index is 9.23. The molecule has 1 aromatic rings. The summed E-state index contributed by atoms with van der Waals surface area (Å²) in [5.74, 6) is 2.06. The maximum atomic E-state index is 9.23. The second kappa shape index (κ2) is 6.59. The Kier molecular flexibility index (Phi) is 5.07. The van der Waals surface area contributed by atoms with Crippen molar-refractivity contribution in [2.45, 2.75) is 25.5 Å². The van der Waals surface area contributed by atoms with Crippen LogP contribution in [-0.4, -0.2) is 32.0 Å². The lowest BCUT2D eigenvalue weighted by Gasteiger charge is -2.31. The number of rotatable bonds is 6. The molecule has 0 spiro atoms. The van der Waals surface area contributed by atoms with Crippen LogP contribution in [0.25, 0.3) is 0 Å². The third kappa shape index (κ3) is 3.61. The van der Waals surface area contributed by atoms with Crippen LogP contribution in [0.1, 0.15) is 18.4 Å². The van der Waals surface area contributed by atoms with E-state index in [0.717, 1.165) is 41.7 Å². The first-order chi connectivity index (χ1) is 9.13. The van der Waals surface area contributed by atoms with Gasteiger partial charge in [-0.25, -0.2) is 0 Å². The van der Waals surface area contributed by atoms with E-state index in [9.17, 15) is 5.11 Å². The molecule has 1 saturated carbocycles. The van der Waals surface area contributed by atoms with Crippen molar-refractivity contribution in [1.29, 1.82) is 0 Å². The quantitative estimate of drug-likeness (QED) is 0.841. The van der Waals surface area contributed by atoms with Gasteiger partial charge in [-0.3, -0.25) is 0 Å². The molecule has 5 heteroatoms. The van der Waals surface area contributed by atoms with Crippen LogP contribution in [-0.2, 0) is 6.54 Å². The van der Waals surface area contributed by atoms with Crippen molar-refractivity contribution < 1.29 is 14.6 Å². The van der Waals surface area contributed by atoms with Gasteiger partial charge in [0.25, 0.3) is 0 Å². The Morgan fingerprint density at radius 3 is 2.63 bits per heavy atom. The number of benzene rings is 1. The Hall–Kier alpha value is -0.780. The van der Waals surface area contributed by atoms with Crippen LogP contribution < -0.4 is 14.8 Å². The lowest BCUT2D eigenvalue weighted by molar-refractivity contribution is 0.0430. The van der Waals surface area contributed by atoms with Crippen molar-refractivity contribution in [3.05, 3.63) is 22.2 Å². The average molecular weight is 330 g/mol. The van der Waals surface area contributed by atoms with Crippen molar-refractivity contribution in [2.75, 3.05) is 20.8 Å². The lowest BCUT2D eigenvalue weighted by Crippen LogP contribution is -2.35. The molecule has 1 fully saturated rings. The molecule has 0 aromatic heterocycles. The fourth-order valence-electron chi connectivity index (χ4n) is 2.36. The Balaban J connectivity index is 1.91. The van der Waals surface area contributed by atoms with Crippen molar-refractivity contribution in [1.82, 2.24) is 5.32 Å². The zero-order valence-corrected chi connectivity index (χ0v) is 12.9. The van der Waals surface area contributed by atoms with E-state index in [2.05, 4.69) is 21.2 Å². The monoisotopic (exact) mass is 329 g/mol. The van der Waals surface area contributed by atoms with Gasteiger partial charge in [-0.2, -0.15) is 0 Å². The largest absolute Gasteiger partial charge is 0.493 e. The molecule has 106 valence electrons. The predicted octanol–water partition coefficient (Wildman–Crippen LogP) is 2.33. The van der Waals surface area contributed by atoms with Gasteiger partial charge in [0.1, 0.15) is 0 Å². The molecule has 0 aliphatic heterocycles. The van der Waals surface area contributed by atoms with E-state index in [0.29, 0.717) is 11.7 Å². The fourth-order valence-corrected chi connectivity index (χ4v) is 3.01. The second-order valence-corrected chi connectivity index (χ2v) is 5.79. The average Bonchev–Trinajstić information content (AvgIpc) is 2.35. The van der Waals surface area contributed by atoms with Crippen LogP contribution in [0.2, 0.25) is 0 Å². The molecule has 0 amide bonds. The number of methoxy groups -OCH3 is 2. The Morgan fingerprint density at radius 2 is 2.05 bits per heavy atom. The van der Waals surface area contributed by atoms with Crippen molar-refractivity contribution in [3.63, 3.8) is 0 Å². The summed E-state index contributed by atoms with van der Waals surface area (Å²) >= 11 is 3.49. The van der Waals surface area contributed by atoms with Gasteiger partial charge in [-0.05, 0) is 58.9 Å². The van der Waals surface area contributed by atoms with Crippen LogP contribution in [0.4, 0.5) is 0 Å². The summed E-state index contributed by atoms with van der Waals surface area (Å²) in [6.45, 7) is 1.73. The predicted molar refractivity (Wildman–Crippen MR) is 77.7 cm³/mol. The Labute approximate surface area is 122 Å². The minimum Gasteiger partial charge on any atom is -0.493 e. The summed E-state index contributed by atoms with van der Waals surface area (Å²) in [6, 6.07) is 4.01. The summed E-state index contributed by atoms with van der Waals surface area (Å²) in [6.07, 6.45) is 1.76. The summed E-state index contributed by atoms with van der Waals surface area (Å²) in [4.78, 5) is 0. The van der Waals surface area contributed by atoms with Crippen molar-refractivity contribution in [3.8, 4) is 11.5 Å². The van der Waals surface area contributed by atoms with Gasteiger partial charge >= 0.3 is 0 Å². The number of aliphatic hydroxyl groups excluding tert-OH is 1. The van der Waals surface area contributed by atoms with Gasteiger partial charge in [-0.1, -0.05) is 0 Å².